The Hall–Kier alpha value is -1.91. The summed E-state index contributed by atoms with van der Waals surface area (Å²) < 4.78 is 5.23. The maximum absolute atomic E-state index is 11.9. The number of nitrogens with one attached hydrogen (secondary N) is 1. The molecule has 1 amide bonds. The lowest BCUT2D eigenvalue weighted by Gasteiger charge is -2.25. The molecule has 1 heterocycles. The monoisotopic (exact) mass is 263 g/mol. The topological polar surface area (TPSA) is 67.6 Å². The number of nitrogens with zero attached hydrogens (tertiary/aromatic N) is 1. The van der Waals surface area contributed by atoms with Crippen LogP contribution in [0.3, 0.4) is 0 Å². The summed E-state index contributed by atoms with van der Waals surface area (Å²) in [4.78, 5) is 14.1. The molecule has 0 radical (unpaired) electrons. The Morgan fingerprint density at radius 2 is 2.26 bits per heavy atom. The van der Waals surface area contributed by atoms with Gasteiger partial charge in [0.1, 0.15) is 5.75 Å². The molecule has 0 aliphatic carbocycles. The van der Waals surface area contributed by atoms with Crippen LogP contribution in [0.25, 0.3) is 0 Å². The van der Waals surface area contributed by atoms with Crippen molar-refractivity contribution in [2.45, 2.75) is 13.3 Å². The van der Waals surface area contributed by atoms with Crippen molar-refractivity contribution in [3.63, 3.8) is 0 Å². The van der Waals surface area contributed by atoms with E-state index in [1.54, 1.807) is 14.2 Å². The quantitative estimate of drug-likeness (QED) is 0.805. The Morgan fingerprint density at radius 3 is 2.89 bits per heavy atom. The zero-order valence-corrected chi connectivity index (χ0v) is 11.7. The van der Waals surface area contributed by atoms with E-state index in [9.17, 15) is 4.79 Å². The second-order valence-electron chi connectivity index (χ2n) is 5.20. The Morgan fingerprint density at radius 1 is 1.53 bits per heavy atom. The average molecular weight is 263 g/mol. The first kappa shape index (κ1) is 13.5. The van der Waals surface area contributed by atoms with Gasteiger partial charge in [-0.1, -0.05) is 6.07 Å². The van der Waals surface area contributed by atoms with Gasteiger partial charge in [0, 0.05) is 20.1 Å². The van der Waals surface area contributed by atoms with Crippen LogP contribution < -0.4 is 20.7 Å². The molecule has 19 heavy (non-hydrogen) atoms. The van der Waals surface area contributed by atoms with E-state index < -0.39 is 0 Å². The highest BCUT2D eigenvalue weighted by Crippen LogP contribution is 2.38. The number of hydrogen-bond donors (Lipinski definition) is 2. The number of methoxy groups -OCH3 is 1. The van der Waals surface area contributed by atoms with Crippen LogP contribution in [-0.4, -0.2) is 33.2 Å². The molecule has 5 nitrogen and oxygen atoms in total. The van der Waals surface area contributed by atoms with Gasteiger partial charge >= 0.3 is 0 Å². The van der Waals surface area contributed by atoms with Gasteiger partial charge in [0.15, 0.2) is 0 Å². The van der Waals surface area contributed by atoms with Gasteiger partial charge in [-0.05, 0) is 25.5 Å². The lowest BCUT2D eigenvalue weighted by Crippen LogP contribution is -2.39. The van der Waals surface area contributed by atoms with Crippen molar-refractivity contribution in [3.8, 4) is 5.75 Å². The number of carbonyl (C=O) groups is 1. The van der Waals surface area contributed by atoms with E-state index >= 15 is 0 Å². The lowest BCUT2D eigenvalue weighted by atomic mass is 9.89. The first-order valence-corrected chi connectivity index (χ1v) is 6.41. The predicted octanol–water partition coefficient (Wildman–Crippen LogP) is 1.24. The standard InChI is InChI=1S/C14H21N3O2/c1-14(13(18)16-2)7-8-17(9-14)10-5-4-6-11(19-3)12(10)15/h4-6H,7-9,15H2,1-3H3,(H,16,18). The normalized spacial score (nSPS) is 22.4. The molecule has 0 saturated carbocycles. The number of ether oxygens (including phenoxy) is 1. The molecule has 1 aromatic carbocycles. The second-order valence-corrected chi connectivity index (χ2v) is 5.20. The highest BCUT2D eigenvalue weighted by atomic mass is 16.5. The Bertz CT molecular complexity index is 490. The number of nitrogen functional groups attached to an aromatic ring is 1. The highest BCUT2D eigenvalue weighted by Gasteiger charge is 2.40. The number of benzene rings is 1. The first-order chi connectivity index (χ1) is 9.01. The largest absolute Gasteiger partial charge is 0.495 e. The minimum Gasteiger partial charge on any atom is -0.495 e. The molecule has 0 bridgehead atoms. The van der Waals surface area contributed by atoms with Crippen LogP contribution in [0.2, 0.25) is 0 Å². The summed E-state index contributed by atoms with van der Waals surface area (Å²) in [7, 11) is 3.28. The third-order valence-electron chi connectivity index (χ3n) is 3.85. The average Bonchev–Trinajstić information content (AvgIpc) is 2.82. The van der Waals surface area contributed by atoms with Crippen molar-refractivity contribution in [2.24, 2.45) is 5.41 Å². The zero-order valence-electron chi connectivity index (χ0n) is 11.7. The maximum atomic E-state index is 11.9. The summed E-state index contributed by atoms with van der Waals surface area (Å²) in [6.07, 6.45) is 0.823. The van der Waals surface area contributed by atoms with Gasteiger partial charge in [-0.25, -0.2) is 0 Å². The summed E-state index contributed by atoms with van der Waals surface area (Å²) in [5.41, 5.74) is 7.31. The molecule has 1 atom stereocenters. The number of amides is 1. The molecular weight excluding hydrogens is 242 g/mol. The molecule has 104 valence electrons. The number of rotatable bonds is 3. The zero-order chi connectivity index (χ0) is 14.0. The fraction of sp³-hybridized carbons (Fsp3) is 0.500. The van der Waals surface area contributed by atoms with Crippen molar-refractivity contribution in [2.75, 3.05) is 37.9 Å². The van der Waals surface area contributed by atoms with Crippen molar-refractivity contribution in [1.82, 2.24) is 5.32 Å². The second kappa shape index (κ2) is 4.99. The van der Waals surface area contributed by atoms with E-state index in [1.165, 1.54) is 0 Å². The van der Waals surface area contributed by atoms with Gasteiger partial charge in [-0.15, -0.1) is 0 Å². The summed E-state index contributed by atoms with van der Waals surface area (Å²) in [5, 5.41) is 2.74. The molecule has 1 fully saturated rings. The summed E-state index contributed by atoms with van der Waals surface area (Å²) in [6.45, 7) is 3.48. The number of para-hydroxylation sites is 1. The molecule has 5 heteroatoms. The van der Waals surface area contributed by atoms with E-state index in [-0.39, 0.29) is 11.3 Å². The fourth-order valence-corrected chi connectivity index (χ4v) is 2.64. The van der Waals surface area contributed by atoms with Crippen molar-refractivity contribution >= 4 is 17.3 Å². The fourth-order valence-electron chi connectivity index (χ4n) is 2.64. The van der Waals surface area contributed by atoms with Crippen molar-refractivity contribution < 1.29 is 9.53 Å². The Kier molecular flexibility index (Phi) is 3.55. The van der Waals surface area contributed by atoms with Crippen LogP contribution in [0.4, 0.5) is 11.4 Å². The van der Waals surface area contributed by atoms with Crippen LogP contribution in [0, 0.1) is 5.41 Å². The van der Waals surface area contributed by atoms with Crippen LogP contribution in [-0.2, 0) is 4.79 Å². The first-order valence-electron chi connectivity index (χ1n) is 6.41. The predicted molar refractivity (Wildman–Crippen MR) is 76.4 cm³/mol. The summed E-state index contributed by atoms with van der Waals surface area (Å²) >= 11 is 0. The summed E-state index contributed by atoms with van der Waals surface area (Å²) in [6, 6.07) is 5.72. The van der Waals surface area contributed by atoms with Gasteiger partial charge in [-0.2, -0.15) is 0 Å². The van der Waals surface area contributed by atoms with E-state index in [4.69, 9.17) is 10.5 Å². The van der Waals surface area contributed by atoms with Gasteiger partial charge in [0.2, 0.25) is 5.91 Å². The third kappa shape index (κ3) is 2.32. The third-order valence-corrected chi connectivity index (χ3v) is 3.85. The number of anilines is 2. The van der Waals surface area contributed by atoms with Gasteiger partial charge in [-0.3, -0.25) is 4.79 Å². The molecule has 1 saturated heterocycles. The van der Waals surface area contributed by atoms with Crippen LogP contribution in [0.15, 0.2) is 18.2 Å². The minimum absolute atomic E-state index is 0.0801. The van der Waals surface area contributed by atoms with E-state index in [0.29, 0.717) is 18.0 Å². The summed E-state index contributed by atoms with van der Waals surface area (Å²) in [5.74, 6) is 0.752. The number of carbonyl (C=O) groups excluding carboxylic acids is 1. The molecule has 1 aliphatic rings. The van der Waals surface area contributed by atoms with Gasteiger partial charge in [0.25, 0.3) is 0 Å². The minimum atomic E-state index is -0.357. The number of nitrogens with two attached hydrogens (primary N) is 1. The van der Waals surface area contributed by atoms with Gasteiger partial charge < -0.3 is 20.7 Å². The molecule has 1 aliphatic heterocycles. The van der Waals surface area contributed by atoms with E-state index in [2.05, 4.69) is 10.2 Å². The SMILES string of the molecule is CNC(=O)C1(C)CCN(c2cccc(OC)c2N)C1. The van der Waals surface area contributed by atoms with Crippen molar-refractivity contribution in [1.29, 1.82) is 0 Å². The van der Waals surface area contributed by atoms with Crippen LogP contribution in [0.1, 0.15) is 13.3 Å². The van der Waals surface area contributed by atoms with E-state index in [1.807, 2.05) is 25.1 Å². The van der Waals surface area contributed by atoms with Crippen LogP contribution >= 0.6 is 0 Å². The molecule has 0 spiro atoms. The van der Waals surface area contributed by atoms with Crippen molar-refractivity contribution in [3.05, 3.63) is 18.2 Å². The molecular formula is C14H21N3O2. The van der Waals surface area contributed by atoms with Gasteiger partial charge in [0.05, 0.1) is 23.9 Å². The molecule has 1 unspecified atom stereocenters. The Balaban J connectivity index is 2.24. The Labute approximate surface area is 113 Å². The number of hydrogen-bond acceptors (Lipinski definition) is 4. The van der Waals surface area contributed by atoms with Crippen LogP contribution in [0.5, 0.6) is 5.75 Å². The molecule has 0 aromatic heterocycles. The maximum Gasteiger partial charge on any atom is 0.227 e. The lowest BCUT2D eigenvalue weighted by molar-refractivity contribution is -0.128. The van der Waals surface area contributed by atoms with E-state index in [0.717, 1.165) is 18.7 Å². The highest BCUT2D eigenvalue weighted by molar-refractivity contribution is 5.84. The molecule has 2 rings (SSSR count). The smallest absolute Gasteiger partial charge is 0.227 e. The molecule has 3 N–H and O–H groups in total. The molecule has 1 aromatic rings.